The fourth-order valence-corrected chi connectivity index (χ4v) is 3.63. The van der Waals surface area contributed by atoms with E-state index in [1.807, 2.05) is 26.0 Å². The number of carbonyl (C=O) groups excluding carboxylic acids is 1. The highest BCUT2D eigenvalue weighted by molar-refractivity contribution is 5.79. The minimum absolute atomic E-state index is 0.160. The van der Waals surface area contributed by atoms with E-state index in [0.717, 1.165) is 36.6 Å². The van der Waals surface area contributed by atoms with E-state index in [1.54, 1.807) is 6.20 Å². The molecule has 0 aliphatic carbocycles. The highest BCUT2D eigenvalue weighted by Crippen LogP contribution is 2.33. The molecule has 0 unspecified atom stereocenters. The quantitative estimate of drug-likeness (QED) is 0.921. The SMILES string of the molecule is Cc1ncccc1Oc1ncnc(N2CC[C@@H]3CC(=O)N[C@@H]3C2)c1C. The largest absolute Gasteiger partial charge is 0.437 e. The Morgan fingerprint density at radius 3 is 3.00 bits per heavy atom. The number of pyridine rings is 1. The van der Waals surface area contributed by atoms with Crippen molar-refractivity contribution in [2.75, 3.05) is 18.0 Å². The highest BCUT2D eigenvalue weighted by atomic mass is 16.5. The first-order chi connectivity index (χ1) is 12.1. The number of rotatable bonds is 3. The Bertz CT molecular complexity index is 810. The maximum Gasteiger partial charge on any atom is 0.227 e. The Kier molecular flexibility index (Phi) is 3.99. The summed E-state index contributed by atoms with van der Waals surface area (Å²) in [5, 5.41) is 3.07. The molecule has 0 aromatic carbocycles. The van der Waals surface area contributed by atoms with Gasteiger partial charge in [-0.05, 0) is 38.3 Å². The fourth-order valence-electron chi connectivity index (χ4n) is 3.63. The molecule has 1 N–H and O–H groups in total. The second kappa shape index (κ2) is 6.31. The van der Waals surface area contributed by atoms with Crippen molar-refractivity contribution in [1.29, 1.82) is 0 Å². The lowest BCUT2D eigenvalue weighted by molar-refractivity contribution is -0.119. The van der Waals surface area contributed by atoms with Gasteiger partial charge in [0.25, 0.3) is 0 Å². The number of ether oxygens (including phenoxy) is 1. The first kappa shape index (κ1) is 15.8. The van der Waals surface area contributed by atoms with Crippen LogP contribution >= 0.6 is 0 Å². The Balaban J connectivity index is 1.57. The number of hydrogen-bond acceptors (Lipinski definition) is 6. The van der Waals surface area contributed by atoms with Crippen molar-refractivity contribution in [3.63, 3.8) is 0 Å². The predicted octanol–water partition coefficient (Wildman–Crippen LogP) is 2.00. The number of nitrogens with zero attached hydrogens (tertiary/aromatic N) is 4. The molecule has 0 bridgehead atoms. The summed E-state index contributed by atoms with van der Waals surface area (Å²) < 4.78 is 5.97. The number of aromatic nitrogens is 3. The van der Waals surface area contributed by atoms with E-state index in [1.165, 1.54) is 6.33 Å². The van der Waals surface area contributed by atoms with Crippen molar-refractivity contribution in [1.82, 2.24) is 20.3 Å². The second-order valence-corrected chi connectivity index (χ2v) is 6.69. The first-order valence-electron chi connectivity index (χ1n) is 8.57. The topological polar surface area (TPSA) is 80.2 Å². The summed E-state index contributed by atoms with van der Waals surface area (Å²) in [5.74, 6) is 2.70. The monoisotopic (exact) mass is 339 g/mol. The van der Waals surface area contributed by atoms with Gasteiger partial charge in [0.15, 0.2) is 5.75 Å². The maximum atomic E-state index is 11.6. The number of hydrogen-bond donors (Lipinski definition) is 1. The first-order valence-corrected chi connectivity index (χ1v) is 8.57. The van der Waals surface area contributed by atoms with Gasteiger partial charge in [-0.1, -0.05) is 0 Å². The van der Waals surface area contributed by atoms with Crippen LogP contribution in [0.4, 0.5) is 5.82 Å². The van der Waals surface area contributed by atoms with Crippen LogP contribution in [0.15, 0.2) is 24.7 Å². The average Bonchev–Trinajstić information content (AvgIpc) is 2.98. The summed E-state index contributed by atoms with van der Waals surface area (Å²) in [4.78, 5) is 26.8. The van der Waals surface area contributed by atoms with Gasteiger partial charge in [-0.15, -0.1) is 0 Å². The van der Waals surface area contributed by atoms with Gasteiger partial charge in [-0.3, -0.25) is 9.78 Å². The zero-order chi connectivity index (χ0) is 17.4. The second-order valence-electron chi connectivity index (χ2n) is 6.69. The van der Waals surface area contributed by atoms with Gasteiger partial charge < -0.3 is 15.0 Å². The molecule has 0 saturated carbocycles. The molecule has 4 heterocycles. The van der Waals surface area contributed by atoms with E-state index in [-0.39, 0.29) is 11.9 Å². The van der Waals surface area contributed by atoms with Crippen molar-refractivity contribution < 1.29 is 9.53 Å². The maximum absolute atomic E-state index is 11.6. The summed E-state index contributed by atoms with van der Waals surface area (Å²) >= 11 is 0. The smallest absolute Gasteiger partial charge is 0.227 e. The normalized spacial score (nSPS) is 22.5. The summed E-state index contributed by atoms with van der Waals surface area (Å²) in [6, 6.07) is 3.93. The lowest BCUT2D eigenvalue weighted by Gasteiger charge is -2.35. The molecule has 0 spiro atoms. The van der Waals surface area contributed by atoms with Crippen LogP contribution in [0.1, 0.15) is 24.1 Å². The molecule has 7 heteroatoms. The van der Waals surface area contributed by atoms with Gasteiger partial charge in [-0.2, -0.15) is 0 Å². The third-order valence-electron chi connectivity index (χ3n) is 5.03. The van der Waals surface area contributed by atoms with Gasteiger partial charge in [-0.25, -0.2) is 9.97 Å². The van der Waals surface area contributed by atoms with Gasteiger partial charge in [0.2, 0.25) is 11.8 Å². The zero-order valence-electron chi connectivity index (χ0n) is 14.4. The third kappa shape index (κ3) is 3.01. The number of carbonyl (C=O) groups is 1. The summed E-state index contributed by atoms with van der Waals surface area (Å²) in [6.07, 6.45) is 4.91. The molecule has 7 nitrogen and oxygen atoms in total. The number of anilines is 1. The Morgan fingerprint density at radius 1 is 1.28 bits per heavy atom. The van der Waals surface area contributed by atoms with Crippen molar-refractivity contribution in [3.8, 4) is 11.6 Å². The van der Waals surface area contributed by atoms with Crippen LogP contribution < -0.4 is 15.0 Å². The van der Waals surface area contributed by atoms with Crippen LogP contribution in [0.25, 0.3) is 0 Å². The minimum Gasteiger partial charge on any atom is -0.437 e. The molecule has 2 aromatic rings. The van der Waals surface area contributed by atoms with Crippen molar-refractivity contribution in [2.24, 2.45) is 5.92 Å². The van der Waals surface area contributed by atoms with E-state index in [0.29, 0.717) is 24.0 Å². The van der Waals surface area contributed by atoms with Crippen LogP contribution in [0.5, 0.6) is 11.6 Å². The van der Waals surface area contributed by atoms with Crippen LogP contribution in [-0.2, 0) is 4.79 Å². The van der Waals surface area contributed by atoms with E-state index < -0.39 is 0 Å². The summed E-state index contributed by atoms with van der Waals surface area (Å²) in [6.45, 7) is 5.54. The van der Waals surface area contributed by atoms with Gasteiger partial charge >= 0.3 is 0 Å². The molecule has 0 radical (unpaired) electrons. The minimum atomic E-state index is 0.160. The molecule has 2 saturated heterocycles. The fraction of sp³-hybridized carbons (Fsp3) is 0.444. The van der Waals surface area contributed by atoms with Crippen molar-refractivity contribution in [2.45, 2.75) is 32.7 Å². The van der Waals surface area contributed by atoms with Gasteiger partial charge in [0.1, 0.15) is 12.1 Å². The predicted molar refractivity (Wildman–Crippen MR) is 92.7 cm³/mol. The molecule has 4 rings (SSSR count). The molecular formula is C18H21N5O2. The lowest BCUT2D eigenvalue weighted by atomic mass is 9.92. The Labute approximate surface area is 146 Å². The van der Waals surface area contributed by atoms with Crippen LogP contribution in [-0.4, -0.2) is 40.0 Å². The Hall–Kier alpha value is -2.70. The summed E-state index contributed by atoms with van der Waals surface area (Å²) in [5.41, 5.74) is 1.71. The molecule has 2 fully saturated rings. The number of fused-ring (bicyclic) bond motifs is 1. The molecule has 130 valence electrons. The van der Waals surface area contributed by atoms with E-state index >= 15 is 0 Å². The van der Waals surface area contributed by atoms with Crippen LogP contribution in [0, 0.1) is 19.8 Å². The standard InChI is InChI=1S/C18H21N5O2/c1-11-17(23-7-5-13-8-16(24)22-14(13)9-23)20-10-21-18(11)25-15-4-3-6-19-12(15)2/h3-4,6,10,13-14H,5,7-9H2,1-2H3,(H,22,24)/t13-,14-/m1/s1. The highest BCUT2D eigenvalue weighted by Gasteiger charge is 2.37. The van der Waals surface area contributed by atoms with Crippen LogP contribution in [0.2, 0.25) is 0 Å². The molecule has 2 aliphatic rings. The van der Waals surface area contributed by atoms with E-state index in [9.17, 15) is 4.79 Å². The molecule has 25 heavy (non-hydrogen) atoms. The molecule has 2 aromatic heterocycles. The average molecular weight is 339 g/mol. The molecule has 2 atom stereocenters. The Morgan fingerprint density at radius 2 is 2.16 bits per heavy atom. The molecular weight excluding hydrogens is 318 g/mol. The molecule has 2 aliphatic heterocycles. The molecule has 1 amide bonds. The number of nitrogens with one attached hydrogen (secondary N) is 1. The van der Waals surface area contributed by atoms with Gasteiger partial charge in [0, 0.05) is 31.7 Å². The number of amides is 1. The van der Waals surface area contributed by atoms with E-state index in [2.05, 4.69) is 25.2 Å². The summed E-state index contributed by atoms with van der Waals surface area (Å²) in [7, 11) is 0. The van der Waals surface area contributed by atoms with Gasteiger partial charge in [0.05, 0.1) is 11.3 Å². The zero-order valence-corrected chi connectivity index (χ0v) is 14.4. The van der Waals surface area contributed by atoms with Crippen molar-refractivity contribution in [3.05, 3.63) is 35.9 Å². The van der Waals surface area contributed by atoms with Crippen molar-refractivity contribution >= 4 is 11.7 Å². The third-order valence-corrected chi connectivity index (χ3v) is 5.03. The number of piperidine rings is 1. The van der Waals surface area contributed by atoms with Crippen LogP contribution in [0.3, 0.4) is 0 Å². The number of aryl methyl sites for hydroxylation is 1. The van der Waals surface area contributed by atoms with E-state index in [4.69, 9.17) is 4.74 Å². The lowest BCUT2D eigenvalue weighted by Crippen LogP contribution is -2.47.